The van der Waals surface area contributed by atoms with Gasteiger partial charge in [-0.1, -0.05) is 66.7 Å². The zero-order chi connectivity index (χ0) is 29.3. The van der Waals surface area contributed by atoms with Crippen LogP contribution >= 0.6 is 0 Å². The lowest BCUT2D eigenvalue weighted by atomic mass is 9.88. The molecule has 0 fully saturated rings. The maximum atomic E-state index is 13.1. The van der Waals surface area contributed by atoms with Gasteiger partial charge in [-0.2, -0.15) is 0 Å². The van der Waals surface area contributed by atoms with E-state index in [0.29, 0.717) is 62.2 Å². The van der Waals surface area contributed by atoms with Gasteiger partial charge in [0.1, 0.15) is 13.2 Å². The summed E-state index contributed by atoms with van der Waals surface area (Å²) in [5, 5.41) is 0. The Kier molecular flexibility index (Phi) is 9.49. The van der Waals surface area contributed by atoms with E-state index in [1.807, 2.05) is 103 Å². The van der Waals surface area contributed by atoms with Crippen molar-refractivity contribution < 1.29 is 28.5 Å². The number of amides is 1. The van der Waals surface area contributed by atoms with Gasteiger partial charge in [0.15, 0.2) is 23.0 Å². The molecule has 1 heterocycles. The summed E-state index contributed by atoms with van der Waals surface area (Å²) in [5.41, 5.74) is 5.28. The Hall–Kier alpha value is -4.65. The van der Waals surface area contributed by atoms with Crippen LogP contribution in [0.25, 0.3) is 0 Å². The zero-order valence-electron chi connectivity index (χ0n) is 24.4. The van der Waals surface area contributed by atoms with Gasteiger partial charge in [0, 0.05) is 6.54 Å². The van der Waals surface area contributed by atoms with Crippen molar-refractivity contribution in [3.63, 3.8) is 0 Å². The molecule has 0 radical (unpaired) electrons. The van der Waals surface area contributed by atoms with Crippen LogP contribution < -0.4 is 18.9 Å². The van der Waals surface area contributed by atoms with E-state index in [9.17, 15) is 4.79 Å². The highest BCUT2D eigenvalue weighted by molar-refractivity contribution is 5.69. The number of carbonyl (C=O) groups is 1. The Labute approximate surface area is 247 Å². The highest BCUT2D eigenvalue weighted by atomic mass is 16.6. The Balaban J connectivity index is 1.44. The Bertz CT molecular complexity index is 1470. The number of hydrogen-bond donors (Lipinski definition) is 0. The summed E-state index contributed by atoms with van der Waals surface area (Å²) in [6, 6.07) is 29.7. The first-order valence-corrected chi connectivity index (χ1v) is 14.2. The fraction of sp³-hybridized carbons (Fsp3) is 0.286. The molecule has 0 bridgehead atoms. The molecule has 5 rings (SSSR count). The predicted octanol–water partition coefficient (Wildman–Crippen LogP) is 7.16. The fourth-order valence-corrected chi connectivity index (χ4v) is 5.28. The van der Waals surface area contributed by atoms with Crippen molar-refractivity contribution in [1.29, 1.82) is 0 Å². The van der Waals surface area contributed by atoms with Crippen LogP contribution in [0.2, 0.25) is 0 Å². The summed E-state index contributed by atoms with van der Waals surface area (Å²) < 4.78 is 29.2. The molecule has 0 aliphatic carbocycles. The number of methoxy groups -OCH3 is 2. The van der Waals surface area contributed by atoms with E-state index in [0.717, 1.165) is 27.8 Å². The van der Waals surface area contributed by atoms with Crippen LogP contribution in [0, 0.1) is 0 Å². The summed E-state index contributed by atoms with van der Waals surface area (Å²) in [6.45, 7) is 3.52. The largest absolute Gasteiger partial charge is 0.493 e. The van der Waals surface area contributed by atoms with Gasteiger partial charge >= 0.3 is 6.09 Å². The topological polar surface area (TPSA) is 66.5 Å². The number of nitrogens with zero attached hydrogens (tertiary/aromatic N) is 1. The molecule has 0 unspecified atom stereocenters. The van der Waals surface area contributed by atoms with Gasteiger partial charge in [-0.05, 0) is 71.8 Å². The van der Waals surface area contributed by atoms with Gasteiger partial charge in [0.2, 0.25) is 0 Å². The Morgan fingerprint density at radius 2 is 1.36 bits per heavy atom. The maximum Gasteiger partial charge on any atom is 0.410 e. The molecule has 0 spiro atoms. The quantitative estimate of drug-likeness (QED) is 0.192. The van der Waals surface area contributed by atoms with Crippen molar-refractivity contribution in [2.75, 3.05) is 27.4 Å². The molecule has 218 valence electrons. The lowest BCUT2D eigenvalue weighted by molar-refractivity contribution is 0.0863. The number of ether oxygens (including phenoxy) is 5. The molecule has 4 aromatic carbocycles. The number of hydrogen-bond acceptors (Lipinski definition) is 6. The van der Waals surface area contributed by atoms with Crippen molar-refractivity contribution in [3.05, 3.63) is 119 Å². The van der Waals surface area contributed by atoms with Gasteiger partial charge in [-0.3, -0.25) is 0 Å². The maximum absolute atomic E-state index is 13.1. The van der Waals surface area contributed by atoms with Crippen LogP contribution in [0.3, 0.4) is 0 Å². The third kappa shape index (κ3) is 6.79. The van der Waals surface area contributed by atoms with Gasteiger partial charge < -0.3 is 28.6 Å². The molecule has 42 heavy (non-hydrogen) atoms. The van der Waals surface area contributed by atoms with E-state index in [4.69, 9.17) is 23.7 Å². The molecule has 1 atom stereocenters. The van der Waals surface area contributed by atoms with E-state index in [2.05, 4.69) is 0 Å². The molecule has 4 aromatic rings. The molecule has 1 amide bonds. The van der Waals surface area contributed by atoms with Crippen molar-refractivity contribution in [1.82, 2.24) is 4.90 Å². The summed E-state index contributed by atoms with van der Waals surface area (Å²) in [4.78, 5) is 14.9. The second-order valence-electron chi connectivity index (χ2n) is 10.1. The third-order valence-electron chi connectivity index (χ3n) is 7.42. The van der Waals surface area contributed by atoms with Crippen molar-refractivity contribution in [2.45, 2.75) is 39.0 Å². The lowest BCUT2D eigenvalue weighted by Gasteiger charge is -2.37. The molecule has 0 N–H and O–H groups in total. The fourth-order valence-electron chi connectivity index (χ4n) is 5.28. The number of carbonyl (C=O) groups excluding carboxylic acids is 1. The molecule has 1 aliphatic heterocycles. The second kappa shape index (κ2) is 13.8. The van der Waals surface area contributed by atoms with E-state index < -0.39 is 0 Å². The van der Waals surface area contributed by atoms with Crippen LogP contribution in [0.5, 0.6) is 23.0 Å². The van der Waals surface area contributed by atoms with Crippen LogP contribution in [0.1, 0.15) is 40.8 Å². The van der Waals surface area contributed by atoms with Crippen LogP contribution in [-0.2, 0) is 30.8 Å². The van der Waals surface area contributed by atoms with Crippen LogP contribution in [0.4, 0.5) is 4.79 Å². The minimum Gasteiger partial charge on any atom is -0.493 e. The monoisotopic (exact) mass is 567 g/mol. The number of rotatable bonds is 11. The summed E-state index contributed by atoms with van der Waals surface area (Å²) in [6.07, 6.45) is 0.923. The predicted molar refractivity (Wildman–Crippen MR) is 161 cm³/mol. The molecular formula is C35H37NO6. The first-order chi connectivity index (χ1) is 20.6. The van der Waals surface area contributed by atoms with Gasteiger partial charge in [0.25, 0.3) is 0 Å². The minimum absolute atomic E-state index is 0.265. The highest BCUT2D eigenvalue weighted by Gasteiger charge is 2.33. The first kappa shape index (κ1) is 28.9. The molecule has 1 aliphatic rings. The molecule has 7 heteroatoms. The Morgan fingerprint density at radius 3 is 1.98 bits per heavy atom. The van der Waals surface area contributed by atoms with E-state index in [1.54, 1.807) is 14.2 Å². The molecule has 0 saturated carbocycles. The summed E-state index contributed by atoms with van der Waals surface area (Å²) in [7, 11) is 3.29. The van der Waals surface area contributed by atoms with Crippen molar-refractivity contribution >= 4 is 6.09 Å². The lowest BCUT2D eigenvalue weighted by Crippen LogP contribution is -2.41. The smallest absolute Gasteiger partial charge is 0.410 e. The average Bonchev–Trinajstić information content (AvgIpc) is 3.03. The second-order valence-corrected chi connectivity index (χ2v) is 10.1. The third-order valence-corrected chi connectivity index (χ3v) is 7.42. The standard InChI is InChI=1S/C35H37NO6/c1-4-40-35(37)36-18-17-28-21-33(39-3)34(42-24-26-13-9-6-10-14-26)22-29(28)30(36)19-27-15-16-31(32(20-27)38-2)41-23-25-11-7-5-8-12-25/h5-16,20-22,30H,4,17-19,23-24H2,1-3H3/t30-/m1/s1. The average molecular weight is 568 g/mol. The van der Waals surface area contributed by atoms with Crippen LogP contribution in [-0.4, -0.2) is 38.4 Å². The molecule has 0 saturated heterocycles. The van der Waals surface area contributed by atoms with E-state index in [1.165, 1.54) is 0 Å². The van der Waals surface area contributed by atoms with E-state index >= 15 is 0 Å². The Morgan fingerprint density at radius 1 is 0.738 bits per heavy atom. The van der Waals surface area contributed by atoms with E-state index in [-0.39, 0.29) is 12.1 Å². The number of fused-ring (bicyclic) bond motifs is 1. The first-order valence-electron chi connectivity index (χ1n) is 14.2. The van der Waals surface area contributed by atoms with Gasteiger partial charge in [0.05, 0.1) is 26.9 Å². The van der Waals surface area contributed by atoms with Gasteiger partial charge in [-0.15, -0.1) is 0 Å². The number of benzene rings is 4. The summed E-state index contributed by atoms with van der Waals surface area (Å²) in [5.74, 6) is 2.62. The minimum atomic E-state index is -0.328. The molecule has 0 aromatic heterocycles. The van der Waals surface area contributed by atoms with Crippen LogP contribution in [0.15, 0.2) is 91.0 Å². The normalized spacial score (nSPS) is 14.1. The molecule has 7 nitrogen and oxygen atoms in total. The highest BCUT2D eigenvalue weighted by Crippen LogP contribution is 2.41. The van der Waals surface area contributed by atoms with Crippen molar-refractivity contribution in [3.8, 4) is 23.0 Å². The SMILES string of the molecule is CCOC(=O)N1CCc2cc(OC)c(OCc3ccccc3)cc2[C@H]1Cc1ccc(OCc2ccccc2)c(OC)c1. The molecular weight excluding hydrogens is 530 g/mol. The summed E-state index contributed by atoms with van der Waals surface area (Å²) >= 11 is 0. The zero-order valence-corrected chi connectivity index (χ0v) is 24.4. The van der Waals surface area contributed by atoms with Gasteiger partial charge in [-0.25, -0.2) is 4.79 Å². The van der Waals surface area contributed by atoms with Crippen molar-refractivity contribution in [2.24, 2.45) is 0 Å².